The van der Waals surface area contributed by atoms with Gasteiger partial charge in [0.05, 0.1) is 0 Å². The summed E-state index contributed by atoms with van der Waals surface area (Å²) >= 11 is 24.3. The second-order valence-corrected chi connectivity index (χ2v) is 6.50. The van der Waals surface area contributed by atoms with Crippen molar-refractivity contribution >= 4 is 46.4 Å². The van der Waals surface area contributed by atoms with Crippen molar-refractivity contribution in [1.82, 2.24) is 4.98 Å². The Labute approximate surface area is 152 Å². The molecule has 0 saturated carbocycles. The predicted molar refractivity (Wildman–Crippen MR) is 95.1 cm³/mol. The van der Waals surface area contributed by atoms with E-state index in [1.54, 1.807) is 42.5 Å². The second kappa shape index (κ2) is 6.66. The van der Waals surface area contributed by atoms with Gasteiger partial charge in [-0.25, -0.2) is 4.98 Å². The number of pyridine rings is 1. The lowest BCUT2D eigenvalue weighted by atomic mass is 10.0. The van der Waals surface area contributed by atoms with Gasteiger partial charge in [-0.3, -0.25) is 0 Å². The van der Waals surface area contributed by atoms with Crippen molar-refractivity contribution in [1.29, 1.82) is 0 Å². The molecule has 6 heteroatoms. The van der Waals surface area contributed by atoms with Crippen molar-refractivity contribution in [2.45, 2.75) is 0 Å². The first kappa shape index (κ1) is 16.5. The Morgan fingerprint density at radius 2 is 1.26 bits per heavy atom. The Morgan fingerprint density at radius 1 is 0.696 bits per heavy atom. The zero-order chi connectivity index (χ0) is 16.6. The van der Waals surface area contributed by atoms with Gasteiger partial charge in [-0.2, -0.15) is 4.39 Å². The lowest BCUT2D eigenvalue weighted by Gasteiger charge is -2.10. The summed E-state index contributed by atoms with van der Waals surface area (Å²) < 4.78 is 14.2. The molecule has 2 aromatic carbocycles. The molecule has 1 aromatic heterocycles. The van der Waals surface area contributed by atoms with E-state index in [1.165, 1.54) is 6.20 Å². The third-order valence-electron chi connectivity index (χ3n) is 3.30. The maximum atomic E-state index is 14.2. The van der Waals surface area contributed by atoms with Gasteiger partial charge >= 0.3 is 0 Å². The van der Waals surface area contributed by atoms with Crippen LogP contribution in [0.5, 0.6) is 0 Å². The monoisotopic (exact) mass is 385 g/mol. The van der Waals surface area contributed by atoms with E-state index in [9.17, 15) is 4.39 Å². The molecule has 0 fully saturated rings. The summed E-state index contributed by atoms with van der Waals surface area (Å²) in [5.41, 5.74) is 1.99. The second-order valence-electron chi connectivity index (χ2n) is 4.81. The molecule has 116 valence electrons. The molecule has 1 nitrogen and oxygen atoms in total. The first-order valence-electron chi connectivity index (χ1n) is 6.52. The lowest BCUT2D eigenvalue weighted by molar-refractivity contribution is 0.588. The summed E-state index contributed by atoms with van der Waals surface area (Å²) in [7, 11) is 0. The fourth-order valence-electron chi connectivity index (χ4n) is 2.21. The van der Waals surface area contributed by atoms with Crippen molar-refractivity contribution < 1.29 is 4.39 Å². The fraction of sp³-hybridized carbons (Fsp3) is 0. The van der Waals surface area contributed by atoms with E-state index in [4.69, 9.17) is 46.4 Å². The molecule has 0 N–H and O–H groups in total. The highest BCUT2D eigenvalue weighted by atomic mass is 35.5. The molecule has 3 rings (SSSR count). The third kappa shape index (κ3) is 3.46. The van der Waals surface area contributed by atoms with E-state index in [-0.39, 0.29) is 5.56 Å². The average Bonchev–Trinajstić information content (AvgIpc) is 2.53. The van der Waals surface area contributed by atoms with Crippen LogP contribution in [-0.4, -0.2) is 4.98 Å². The summed E-state index contributed by atoms with van der Waals surface area (Å²) in [4.78, 5) is 3.80. The van der Waals surface area contributed by atoms with Crippen LogP contribution in [0, 0.1) is 5.95 Å². The molecular formula is C17H8Cl4FN. The number of benzene rings is 2. The van der Waals surface area contributed by atoms with Crippen molar-refractivity contribution in [3.05, 3.63) is 74.7 Å². The van der Waals surface area contributed by atoms with Gasteiger partial charge < -0.3 is 0 Å². The molecule has 23 heavy (non-hydrogen) atoms. The van der Waals surface area contributed by atoms with Crippen LogP contribution in [0.1, 0.15) is 0 Å². The molecule has 0 aliphatic rings. The zero-order valence-corrected chi connectivity index (χ0v) is 14.5. The number of nitrogens with zero attached hydrogens (tertiary/aromatic N) is 1. The molecule has 0 unspecified atom stereocenters. The van der Waals surface area contributed by atoms with Crippen LogP contribution in [0.3, 0.4) is 0 Å². The molecule has 0 aliphatic heterocycles. The third-order valence-corrected chi connectivity index (χ3v) is 4.43. The number of hydrogen-bond acceptors (Lipinski definition) is 1. The van der Waals surface area contributed by atoms with Gasteiger partial charge in [0.25, 0.3) is 0 Å². The Balaban J connectivity index is 2.20. The van der Waals surface area contributed by atoms with Crippen LogP contribution in [0.2, 0.25) is 20.1 Å². The van der Waals surface area contributed by atoms with Crippen molar-refractivity contribution in [2.24, 2.45) is 0 Å². The number of hydrogen-bond donors (Lipinski definition) is 0. The molecule has 0 saturated heterocycles. The van der Waals surface area contributed by atoms with Crippen LogP contribution in [-0.2, 0) is 0 Å². The van der Waals surface area contributed by atoms with Crippen LogP contribution in [0.25, 0.3) is 22.3 Å². The average molecular weight is 387 g/mol. The van der Waals surface area contributed by atoms with E-state index in [1.807, 2.05) is 0 Å². The lowest BCUT2D eigenvalue weighted by Crippen LogP contribution is -1.92. The van der Waals surface area contributed by atoms with Gasteiger partial charge in [-0.1, -0.05) is 46.4 Å². The minimum Gasteiger partial charge on any atom is -0.227 e. The molecular weight excluding hydrogens is 379 g/mol. The van der Waals surface area contributed by atoms with E-state index in [0.717, 1.165) is 0 Å². The Bertz CT molecular complexity index is 896. The quantitative estimate of drug-likeness (QED) is 0.425. The fourth-order valence-corrected chi connectivity index (χ4v) is 3.00. The summed E-state index contributed by atoms with van der Waals surface area (Å²) in [6.45, 7) is 0. The van der Waals surface area contributed by atoms with Crippen molar-refractivity contribution in [3.8, 4) is 22.3 Å². The van der Waals surface area contributed by atoms with Crippen LogP contribution in [0.4, 0.5) is 4.39 Å². The van der Waals surface area contributed by atoms with Gasteiger partial charge in [-0.05, 0) is 42.5 Å². The largest absolute Gasteiger partial charge is 0.227 e. The normalized spacial score (nSPS) is 10.8. The molecule has 1 heterocycles. The smallest absolute Gasteiger partial charge is 0.220 e. The minimum absolute atomic E-state index is 0.242. The predicted octanol–water partition coefficient (Wildman–Crippen LogP) is 7.17. The highest BCUT2D eigenvalue weighted by Gasteiger charge is 2.14. The topological polar surface area (TPSA) is 12.9 Å². The molecule has 0 bridgehead atoms. The first-order valence-corrected chi connectivity index (χ1v) is 8.03. The van der Waals surface area contributed by atoms with E-state index in [2.05, 4.69) is 4.98 Å². The maximum absolute atomic E-state index is 14.2. The van der Waals surface area contributed by atoms with E-state index < -0.39 is 5.95 Å². The highest BCUT2D eigenvalue weighted by Crippen LogP contribution is 2.36. The standard InChI is InChI=1S/C17H8Cl4FN/c18-10-1-3-15(20)12(6-10)9-5-14(17(22)23-8-9)13-7-11(19)2-4-16(13)21/h1-8H. The zero-order valence-electron chi connectivity index (χ0n) is 11.5. The van der Waals surface area contributed by atoms with Crippen molar-refractivity contribution in [3.63, 3.8) is 0 Å². The minimum atomic E-state index is -0.643. The maximum Gasteiger partial charge on any atom is 0.220 e. The Hall–Kier alpha value is -1.32. The molecule has 0 atom stereocenters. The number of aromatic nitrogens is 1. The summed E-state index contributed by atoms with van der Waals surface area (Å²) in [5.74, 6) is -0.643. The molecule has 0 spiro atoms. The molecule has 0 aliphatic carbocycles. The molecule has 0 radical (unpaired) electrons. The van der Waals surface area contributed by atoms with E-state index >= 15 is 0 Å². The van der Waals surface area contributed by atoms with E-state index in [0.29, 0.717) is 36.8 Å². The van der Waals surface area contributed by atoms with Crippen LogP contribution >= 0.6 is 46.4 Å². The molecule has 3 aromatic rings. The van der Waals surface area contributed by atoms with Gasteiger partial charge in [0, 0.05) is 48.5 Å². The van der Waals surface area contributed by atoms with Gasteiger partial charge in [0.15, 0.2) is 0 Å². The Morgan fingerprint density at radius 3 is 1.91 bits per heavy atom. The summed E-state index contributed by atoms with van der Waals surface area (Å²) in [6, 6.07) is 11.5. The molecule has 0 amide bonds. The Kier molecular flexibility index (Phi) is 4.79. The van der Waals surface area contributed by atoms with Gasteiger partial charge in [0.1, 0.15) is 0 Å². The highest BCUT2D eigenvalue weighted by molar-refractivity contribution is 6.36. The van der Waals surface area contributed by atoms with Gasteiger partial charge in [0.2, 0.25) is 5.95 Å². The summed E-state index contributed by atoms with van der Waals surface area (Å²) in [5, 5.41) is 1.85. The number of rotatable bonds is 2. The van der Waals surface area contributed by atoms with Crippen molar-refractivity contribution in [2.75, 3.05) is 0 Å². The first-order chi connectivity index (χ1) is 11.0. The SMILES string of the molecule is Fc1ncc(-c2cc(Cl)ccc2Cl)cc1-c1cc(Cl)ccc1Cl. The van der Waals surface area contributed by atoms with Gasteiger partial charge in [-0.15, -0.1) is 0 Å². The number of halogens is 5. The van der Waals surface area contributed by atoms with Crippen LogP contribution in [0.15, 0.2) is 48.7 Å². The summed E-state index contributed by atoms with van der Waals surface area (Å²) in [6.07, 6.45) is 1.40. The van der Waals surface area contributed by atoms with Crippen LogP contribution < -0.4 is 0 Å².